The van der Waals surface area contributed by atoms with Crippen molar-refractivity contribution in [2.45, 2.75) is 31.7 Å². The van der Waals surface area contributed by atoms with E-state index < -0.39 is 0 Å². The van der Waals surface area contributed by atoms with Gasteiger partial charge in [0.05, 0.1) is 26.7 Å². The number of methoxy groups -OCH3 is 1. The molecule has 0 bridgehead atoms. The summed E-state index contributed by atoms with van der Waals surface area (Å²) in [5.74, 6) is 0.905. The zero-order valence-corrected chi connectivity index (χ0v) is 17.6. The molecule has 0 saturated carbocycles. The third kappa shape index (κ3) is 6.21. The van der Waals surface area contributed by atoms with E-state index in [0.717, 1.165) is 30.4 Å². The van der Waals surface area contributed by atoms with Gasteiger partial charge in [0.25, 0.3) is 0 Å². The van der Waals surface area contributed by atoms with Crippen molar-refractivity contribution in [1.82, 2.24) is 10.6 Å². The SMILES string of the molecule is COc1ccc([C@H](CNC(=S)NCCc2ccccc2)[NH+]2CCCCC2)cc1. The van der Waals surface area contributed by atoms with Crippen molar-refractivity contribution in [3.8, 4) is 5.75 Å². The Hall–Kier alpha value is -2.11. The van der Waals surface area contributed by atoms with Crippen molar-refractivity contribution in [2.75, 3.05) is 33.3 Å². The van der Waals surface area contributed by atoms with Crippen LogP contribution in [0.1, 0.15) is 36.4 Å². The van der Waals surface area contributed by atoms with Crippen LogP contribution in [0.15, 0.2) is 54.6 Å². The number of hydrogen-bond acceptors (Lipinski definition) is 2. The molecule has 1 heterocycles. The van der Waals surface area contributed by atoms with Gasteiger partial charge in [-0.25, -0.2) is 0 Å². The lowest BCUT2D eigenvalue weighted by atomic mass is 10.0. The van der Waals surface area contributed by atoms with Crippen molar-refractivity contribution in [3.05, 3.63) is 65.7 Å². The van der Waals surface area contributed by atoms with E-state index in [1.165, 1.54) is 43.5 Å². The first-order chi connectivity index (χ1) is 13.8. The van der Waals surface area contributed by atoms with Gasteiger partial charge in [-0.3, -0.25) is 0 Å². The quantitative estimate of drug-likeness (QED) is 0.598. The van der Waals surface area contributed by atoms with Crippen LogP contribution in [-0.4, -0.2) is 38.4 Å². The smallest absolute Gasteiger partial charge is 0.166 e. The highest BCUT2D eigenvalue weighted by Gasteiger charge is 2.26. The molecule has 3 rings (SSSR count). The second-order valence-corrected chi connectivity index (χ2v) is 7.83. The number of thiocarbonyl (C=S) groups is 1. The zero-order chi connectivity index (χ0) is 19.6. The molecule has 1 atom stereocenters. The molecule has 0 aromatic heterocycles. The van der Waals surface area contributed by atoms with Crippen molar-refractivity contribution >= 4 is 17.3 Å². The first-order valence-corrected chi connectivity index (χ1v) is 10.7. The van der Waals surface area contributed by atoms with Gasteiger partial charge in [-0.15, -0.1) is 0 Å². The second kappa shape index (κ2) is 11.0. The van der Waals surface area contributed by atoms with E-state index in [1.807, 2.05) is 6.07 Å². The van der Waals surface area contributed by atoms with Gasteiger partial charge in [0.15, 0.2) is 5.11 Å². The molecule has 0 unspecified atom stereocenters. The van der Waals surface area contributed by atoms with E-state index in [2.05, 4.69) is 59.2 Å². The Kier molecular flexibility index (Phi) is 8.12. The summed E-state index contributed by atoms with van der Waals surface area (Å²) < 4.78 is 5.32. The fourth-order valence-corrected chi connectivity index (χ4v) is 4.10. The molecule has 1 aliphatic heterocycles. The molecule has 1 fully saturated rings. The number of nitrogens with one attached hydrogen (secondary N) is 3. The lowest BCUT2D eigenvalue weighted by Crippen LogP contribution is -3.13. The van der Waals surface area contributed by atoms with Gasteiger partial charge < -0.3 is 20.3 Å². The van der Waals surface area contributed by atoms with Crippen molar-refractivity contribution in [1.29, 1.82) is 0 Å². The van der Waals surface area contributed by atoms with Crippen LogP contribution in [0.25, 0.3) is 0 Å². The molecule has 0 radical (unpaired) electrons. The van der Waals surface area contributed by atoms with E-state index in [-0.39, 0.29) is 0 Å². The fourth-order valence-electron chi connectivity index (χ4n) is 3.91. The predicted octanol–water partition coefficient (Wildman–Crippen LogP) is 2.51. The number of rotatable bonds is 8. The van der Waals surface area contributed by atoms with E-state index in [0.29, 0.717) is 6.04 Å². The topological polar surface area (TPSA) is 37.7 Å². The molecular weight excluding hydrogens is 366 g/mol. The molecule has 28 heavy (non-hydrogen) atoms. The Bertz CT molecular complexity index is 714. The third-order valence-corrected chi connectivity index (χ3v) is 5.80. The second-order valence-electron chi connectivity index (χ2n) is 7.42. The maximum absolute atomic E-state index is 5.53. The van der Waals surface area contributed by atoms with Crippen LogP contribution in [0.4, 0.5) is 0 Å². The summed E-state index contributed by atoms with van der Waals surface area (Å²) in [5.41, 5.74) is 2.67. The molecule has 0 amide bonds. The first-order valence-electron chi connectivity index (χ1n) is 10.3. The lowest BCUT2D eigenvalue weighted by molar-refractivity contribution is -0.934. The van der Waals surface area contributed by atoms with Gasteiger partial charge in [-0.2, -0.15) is 0 Å². The molecule has 5 heteroatoms. The van der Waals surface area contributed by atoms with Crippen LogP contribution in [-0.2, 0) is 6.42 Å². The predicted molar refractivity (Wildman–Crippen MR) is 119 cm³/mol. The van der Waals surface area contributed by atoms with Crippen LogP contribution in [0.3, 0.4) is 0 Å². The molecule has 0 spiro atoms. The average Bonchev–Trinajstić information content (AvgIpc) is 2.76. The highest BCUT2D eigenvalue weighted by molar-refractivity contribution is 7.80. The fraction of sp³-hybridized carbons (Fsp3) is 0.435. The van der Waals surface area contributed by atoms with Gasteiger partial charge in [0, 0.05) is 12.1 Å². The molecule has 0 aliphatic carbocycles. The number of likely N-dealkylation sites (tertiary alicyclic amines) is 1. The molecular formula is C23H32N3OS+. The van der Waals surface area contributed by atoms with Crippen LogP contribution >= 0.6 is 12.2 Å². The minimum Gasteiger partial charge on any atom is -0.497 e. The summed E-state index contributed by atoms with van der Waals surface area (Å²) in [6.45, 7) is 4.15. The Morgan fingerprint density at radius 3 is 2.39 bits per heavy atom. The van der Waals surface area contributed by atoms with Gasteiger partial charge in [0.2, 0.25) is 0 Å². The van der Waals surface area contributed by atoms with Crippen LogP contribution in [0.2, 0.25) is 0 Å². The molecule has 4 nitrogen and oxygen atoms in total. The maximum Gasteiger partial charge on any atom is 0.166 e. The summed E-state index contributed by atoms with van der Waals surface area (Å²) >= 11 is 5.53. The molecule has 1 aliphatic rings. The number of piperidine rings is 1. The summed E-state index contributed by atoms with van der Waals surface area (Å²) in [4.78, 5) is 1.65. The van der Waals surface area contributed by atoms with Gasteiger partial charge in [-0.05, 0) is 67.7 Å². The van der Waals surface area contributed by atoms with Crippen molar-refractivity contribution in [3.63, 3.8) is 0 Å². The number of ether oxygens (including phenoxy) is 1. The first kappa shape index (κ1) is 20.6. The summed E-state index contributed by atoms with van der Waals surface area (Å²) in [7, 11) is 1.71. The maximum atomic E-state index is 5.53. The van der Waals surface area contributed by atoms with Gasteiger partial charge in [-0.1, -0.05) is 30.3 Å². The minimum absolute atomic E-state index is 0.403. The molecule has 3 N–H and O–H groups in total. The van der Waals surface area contributed by atoms with Gasteiger partial charge >= 0.3 is 0 Å². The van der Waals surface area contributed by atoms with E-state index in [1.54, 1.807) is 12.0 Å². The Morgan fingerprint density at radius 1 is 1.00 bits per heavy atom. The Balaban J connectivity index is 1.53. The number of hydrogen-bond donors (Lipinski definition) is 3. The summed E-state index contributed by atoms with van der Waals surface area (Å²) in [5, 5.41) is 7.55. The van der Waals surface area contributed by atoms with E-state index in [9.17, 15) is 0 Å². The van der Waals surface area contributed by atoms with Crippen LogP contribution < -0.4 is 20.3 Å². The lowest BCUT2D eigenvalue weighted by Gasteiger charge is -2.32. The molecule has 2 aromatic rings. The van der Waals surface area contributed by atoms with E-state index in [4.69, 9.17) is 17.0 Å². The Labute approximate surface area is 174 Å². The molecule has 2 aromatic carbocycles. The normalized spacial score (nSPS) is 15.6. The number of benzene rings is 2. The number of quaternary nitrogens is 1. The largest absolute Gasteiger partial charge is 0.497 e. The molecule has 150 valence electrons. The zero-order valence-electron chi connectivity index (χ0n) is 16.7. The van der Waals surface area contributed by atoms with Crippen LogP contribution in [0.5, 0.6) is 5.75 Å². The summed E-state index contributed by atoms with van der Waals surface area (Å²) in [6, 6.07) is 19.4. The highest BCUT2D eigenvalue weighted by atomic mass is 32.1. The Morgan fingerprint density at radius 2 is 1.71 bits per heavy atom. The molecule has 1 saturated heterocycles. The standard InChI is InChI=1S/C23H31N3OS/c1-27-21-12-10-20(11-13-21)22(26-16-6-3-7-17-26)18-25-23(28)24-15-14-19-8-4-2-5-9-19/h2,4-5,8-13,22H,3,6-7,14-18H2,1H3,(H2,24,25,28)/p+1/t22-/m0/s1. The van der Waals surface area contributed by atoms with Crippen molar-refractivity contribution < 1.29 is 9.64 Å². The van der Waals surface area contributed by atoms with Crippen LogP contribution in [0, 0.1) is 0 Å². The summed E-state index contributed by atoms with van der Waals surface area (Å²) in [6.07, 6.45) is 4.94. The highest BCUT2D eigenvalue weighted by Crippen LogP contribution is 2.16. The third-order valence-electron chi connectivity index (χ3n) is 5.52. The van der Waals surface area contributed by atoms with E-state index >= 15 is 0 Å². The average molecular weight is 399 g/mol. The van der Waals surface area contributed by atoms with Gasteiger partial charge in [0.1, 0.15) is 11.8 Å². The van der Waals surface area contributed by atoms with Crippen molar-refractivity contribution in [2.24, 2.45) is 0 Å². The monoisotopic (exact) mass is 398 g/mol. The minimum atomic E-state index is 0.403.